The molecule has 0 bridgehead atoms. The van der Waals surface area contributed by atoms with Gasteiger partial charge in [0.2, 0.25) is 0 Å². The van der Waals surface area contributed by atoms with E-state index in [0.717, 1.165) is 21.1 Å². The number of benzene rings is 2. The molecule has 1 fully saturated rings. The van der Waals surface area contributed by atoms with Crippen LogP contribution >= 0.6 is 15.9 Å². The second-order valence-electron chi connectivity index (χ2n) is 6.99. The first-order chi connectivity index (χ1) is 11.2. The fraction of sp³-hybridized carbons (Fsp3) is 0.316. The van der Waals surface area contributed by atoms with Crippen molar-refractivity contribution < 1.29 is 9.31 Å². The lowest BCUT2D eigenvalue weighted by Gasteiger charge is -2.32. The molecule has 0 saturated carbocycles. The molecule has 3 rings (SSSR count). The van der Waals surface area contributed by atoms with Crippen LogP contribution in [-0.2, 0) is 9.31 Å². The number of nitrogens with zero attached hydrogens (tertiary/aromatic N) is 1. The van der Waals surface area contributed by atoms with Crippen LogP contribution in [0, 0.1) is 11.3 Å². The third-order valence-corrected chi connectivity index (χ3v) is 5.44. The van der Waals surface area contributed by atoms with E-state index >= 15 is 0 Å². The largest absolute Gasteiger partial charge is 0.495 e. The minimum absolute atomic E-state index is 0.430. The van der Waals surface area contributed by atoms with E-state index in [-0.39, 0.29) is 0 Å². The van der Waals surface area contributed by atoms with Gasteiger partial charge < -0.3 is 9.31 Å². The van der Waals surface area contributed by atoms with E-state index in [2.05, 4.69) is 22.0 Å². The quantitative estimate of drug-likeness (QED) is 0.726. The first-order valence-corrected chi connectivity index (χ1v) is 8.69. The first kappa shape index (κ1) is 17.2. The number of rotatable bonds is 2. The SMILES string of the molecule is CC1(C)OB(c2cc(C#N)cc(Br)c2-c2ccccc2)OC1(C)C. The van der Waals surface area contributed by atoms with Crippen molar-refractivity contribution in [1.82, 2.24) is 0 Å². The third kappa shape index (κ3) is 2.90. The molecule has 2 aromatic carbocycles. The highest BCUT2D eigenvalue weighted by Crippen LogP contribution is 2.38. The molecular formula is C19H19BBrNO2. The van der Waals surface area contributed by atoms with E-state index in [0.29, 0.717) is 5.56 Å². The summed E-state index contributed by atoms with van der Waals surface area (Å²) < 4.78 is 13.3. The number of nitriles is 1. The Hall–Kier alpha value is -1.61. The van der Waals surface area contributed by atoms with Crippen molar-refractivity contribution in [2.45, 2.75) is 38.9 Å². The molecule has 1 aliphatic heterocycles. The molecule has 0 unspecified atom stereocenters. The van der Waals surface area contributed by atoms with Gasteiger partial charge >= 0.3 is 7.12 Å². The summed E-state index contributed by atoms with van der Waals surface area (Å²) in [5, 5.41) is 9.34. The van der Waals surface area contributed by atoms with Crippen LogP contribution in [0.4, 0.5) is 0 Å². The summed E-state index contributed by atoms with van der Waals surface area (Å²) in [5.41, 5.74) is 2.63. The molecule has 24 heavy (non-hydrogen) atoms. The summed E-state index contributed by atoms with van der Waals surface area (Å²) >= 11 is 3.62. The lowest BCUT2D eigenvalue weighted by molar-refractivity contribution is 0.00578. The summed E-state index contributed by atoms with van der Waals surface area (Å²) in [6.07, 6.45) is 0. The highest BCUT2D eigenvalue weighted by atomic mass is 79.9. The van der Waals surface area contributed by atoms with E-state index in [1.165, 1.54) is 0 Å². The van der Waals surface area contributed by atoms with Gasteiger partial charge in [0.15, 0.2) is 0 Å². The maximum atomic E-state index is 9.34. The molecule has 1 aliphatic rings. The zero-order valence-corrected chi connectivity index (χ0v) is 15.8. The molecular weight excluding hydrogens is 365 g/mol. The summed E-state index contributed by atoms with van der Waals surface area (Å²) in [7, 11) is -0.519. The van der Waals surface area contributed by atoms with Gasteiger partial charge in [0.1, 0.15) is 0 Å². The van der Waals surface area contributed by atoms with Gasteiger partial charge in [0, 0.05) is 4.47 Å². The standard InChI is InChI=1S/C19H19BBrNO2/c1-18(2)19(3,4)24-20(23-18)15-10-13(12-22)11-16(21)17(15)14-8-6-5-7-9-14/h5-11H,1-4H3. The van der Waals surface area contributed by atoms with Crippen molar-refractivity contribution in [2.75, 3.05) is 0 Å². The molecule has 3 nitrogen and oxygen atoms in total. The number of hydrogen-bond donors (Lipinski definition) is 0. The van der Waals surface area contributed by atoms with Gasteiger partial charge in [-0.05, 0) is 56.4 Å². The predicted octanol–water partition coefficient (Wildman–Crippen LogP) is 4.29. The topological polar surface area (TPSA) is 42.2 Å². The van der Waals surface area contributed by atoms with Gasteiger partial charge in [-0.1, -0.05) is 46.3 Å². The van der Waals surface area contributed by atoms with Crippen LogP contribution in [-0.4, -0.2) is 18.3 Å². The van der Waals surface area contributed by atoms with E-state index in [9.17, 15) is 5.26 Å². The maximum Gasteiger partial charge on any atom is 0.495 e. The van der Waals surface area contributed by atoms with E-state index < -0.39 is 18.3 Å². The maximum absolute atomic E-state index is 9.34. The summed E-state index contributed by atoms with van der Waals surface area (Å²) in [5.74, 6) is 0. The van der Waals surface area contributed by atoms with Crippen LogP contribution in [0.2, 0.25) is 0 Å². The van der Waals surface area contributed by atoms with Gasteiger partial charge in [0.05, 0.1) is 22.8 Å². The zero-order valence-electron chi connectivity index (χ0n) is 14.3. The highest BCUT2D eigenvalue weighted by Gasteiger charge is 2.52. The summed E-state index contributed by atoms with van der Waals surface area (Å²) in [6, 6.07) is 16.0. The molecule has 1 heterocycles. The Morgan fingerprint density at radius 2 is 1.58 bits per heavy atom. The molecule has 5 heteroatoms. The Morgan fingerprint density at radius 3 is 2.12 bits per heavy atom. The summed E-state index contributed by atoms with van der Waals surface area (Å²) in [6.45, 7) is 8.10. The average Bonchev–Trinajstić information content (AvgIpc) is 2.75. The molecule has 122 valence electrons. The van der Waals surface area contributed by atoms with Crippen molar-refractivity contribution in [3.05, 3.63) is 52.5 Å². The van der Waals surface area contributed by atoms with Crippen LogP contribution in [0.5, 0.6) is 0 Å². The van der Waals surface area contributed by atoms with E-state index in [1.807, 2.05) is 70.2 Å². The van der Waals surface area contributed by atoms with Crippen LogP contribution < -0.4 is 5.46 Å². The lowest BCUT2D eigenvalue weighted by Crippen LogP contribution is -2.41. The highest BCUT2D eigenvalue weighted by molar-refractivity contribution is 9.10. The first-order valence-electron chi connectivity index (χ1n) is 7.90. The minimum Gasteiger partial charge on any atom is -0.399 e. The summed E-state index contributed by atoms with van der Waals surface area (Å²) in [4.78, 5) is 0. The van der Waals surface area contributed by atoms with Crippen LogP contribution in [0.3, 0.4) is 0 Å². The second kappa shape index (κ2) is 6.04. The van der Waals surface area contributed by atoms with Crippen molar-refractivity contribution in [1.29, 1.82) is 5.26 Å². The Kier molecular flexibility index (Phi) is 4.33. The molecule has 2 aromatic rings. The minimum atomic E-state index is -0.519. The molecule has 1 saturated heterocycles. The fourth-order valence-corrected chi connectivity index (χ4v) is 3.46. The molecule has 0 aromatic heterocycles. The second-order valence-corrected chi connectivity index (χ2v) is 7.84. The Balaban J connectivity index is 2.17. The molecule has 0 N–H and O–H groups in total. The fourth-order valence-electron chi connectivity index (χ4n) is 2.76. The Morgan fingerprint density at radius 1 is 1.00 bits per heavy atom. The molecule has 0 radical (unpaired) electrons. The molecule has 0 amide bonds. The predicted molar refractivity (Wildman–Crippen MR) is 100 cm³/mol. The third-order valence-electron chi connectivity index (χ3n) is 4.82. The number of halogens is 1. The van der Waals surface area contributed by atoms with Gasteiger partial charge in [-0.2, -0.15) is 5.26 Å². The molecule has 0 atom stereocenters. The lowest BCUT2D eigenvalue weighted by atomic mass is 9.73. The van der Waals surface area contributed by atoms with Crippen molar-refractivity contribution >= 4 is 28.5 Å². The van der Waals surface area contributed by atoms with Crippen LogP contribution in [0.15, 0.2) is 46.9 Å². The van der Waals surface area contributed by atoms with Gasteiger partial charge in [-0.15, -0.1) is 0 Å². The van der Waals surface area contributed by atoms with E-state index in [4.69, 9.17) is 9.31 Å². The normalized spacial score (nSPS) is 18.4. The van der Waals surface area contributed by atoms with Crippen molar-refractivity contribution in [2.24, 2.45) is 0 Å². The Bertz CT molecular complexity index is 796. The van der Waals surface area contributed by atoms with Crippen LogP contribution in [0.25, 0.3) is 11.1 Å². The Labute approximate surface area is 151 Å². The van der Waals surface area contributed by atoms with Crippen molar-refractivity contribution in [3.8, 4) is 17.2 Å². The number of hydrogen-bond acceptors (Lipinski definition) is 3. The molecule has 0 spiro atoms. The average molecular weight is 384 g/mol. The smallest absolute Gasteiger partial charge is 0.399 e. The van der Waals surface area contributed by atoms with Gasteiger partial charge in [0.25, 0.3) is 0 Å². The van der Waals surface area contributed by atoms with Crippen molar-refractivity contribution in [3.63, 3.8) is 0 Å². The van der Waals surface area contributed by atoms with E-state index in [1.54, 1.807) is 0 Å². The van der Waals surface area contributed by atoms with Crippen LogP contribution in [0.1, 0.15) is 33.3 Å². The van der Waals surface area contributed by atoms with Gasteiger partial charge in [-0.25, -0.2) is 0 Å². The zero-order chi connectivity index (χ0) is 17.5. The van der Waals surface area contributed by atoms with Gasteiger partial charge in [-0.3, -0.25) is 0 Å². The molecule has 0 aliphatic carbocycles. The monoisotopic (exact) mass is 383 g/mol.